The van der Waals surface area contributed by atoms with E-state index in [1.54, 1.807) is 0 Å². The second kappa shape index (κ2) is 7.62. The molecule has 0 aromatic heterocycles. The quantitative estimate of drug-likeness (QED) is 0.666. The van der Waals surface area contributed by atoms with Gasteiger partial charge in [-0.05, 0) is 43.6 Å². The first kappa shape index (κ1) is 17.0. The first-order chi connectivity index (χ1) is 9.30. The van der Waals surface area contributed by atoms with Gasteiger partial charge in [-0.15, -0.1) is 0 Å². The lowest BCUT2D eigenvalue weighted by molar-refractivity contribution is -0.137. The van der Waals surface area contributed by atoms with Crippen molar-refractivity contribution in [3.8, 4) is 0 Å². The van der Waals surface area contributed by atoms with E-state index in [1.165, 1.54) is 0 Å². The molecule has 0 aliphatic carbocycles. The first-order valence-electron chi connectivity index (χ1n) is 7.53. The second-order valence-corrected chi connectivity index (χ2v) is 6.72. The average molecular weight is 284 g/mol. The number of carboxylic acid groups (broad SMARTS) is 1. The lowest BCUT2D eigenvalue weighted by atomic mass is 9.76. The van der Waals surface area contributed by atoms with E-state index in [-0.39, 0.29) is 23.8 Å². The van der Waals surface area contributed by atoms with Gasteiger partial charge in [0, 0.05) is 13.0 Å². The Bertz CT molecular complexity index is 331. The van der Waals surface area contributed by atoms with Crippen molar-refractivity contribution in [3.05, 3.63) is 0 Å². The molecule has 1 heterocycles. The van der Waals surface area contributed by atoms with E-state index in [4.69, 9.17) is 5.11 Å². The molecule has 116 valence electrons. The smallest absolute Gasteiger partial charge is 0.303 e. The number of carbonyl (C=O) groups excluding carboxylic acids is 1. The highest BCUT2D eigenvalue weighted by Crippen LogP contribution is 2.32. The van der Waals surface area contributed by atoms with Crippen molar-refractivity contribution in [2.24, 2.45) is 11.3 Å². The van der Waals surface area contributed by atoms with Gasteiger partial charge in [0.2, 0.25) is 5.91 Å². The second-order valence-electron chi connectivity index (χ2n) is 6.72. The van der Waals surface area contributed by atoms with Crippen molar-refractivity contribution in [2.75, 3.05) is 13.1 Å². The molecule has 1 rings (SSSR count). The van der Waals surface area contributed by atoms with Gasteiger partial charge in [-0.25, -0.2) is 0 Å². The van der Waals surface area contributed by atoms with Crippen LogP contribution in [0.1, 0.15) is 52.9 Å². The van der Waals surface area contributed by atoms with E-state index in [1.807, 2.05) is 0 Å². The van der Waals surface area contributed by atoms with Crippen LogP contribution in [0.2, 0.25) is 0 Å². The third kappa shape index (κ3) is 5.90. The molecule has 1 unspecified atom stereocenters. The number of amides is 1. The standard InChI is InChI=1S/C15H28N2O3/c1-15(2,3)11(6-7-13(18)19)8-10-17-14(20)12-5-4-9-16-12/h11-12,16H,4-10H2,1-3H3,(H,17,20)(H,18,19)/t11?,12-/m0/s1. The molecule has 0 spiro atoms. The Labute approximate surface area is 121 Å². The highest BCUT2D eigenvalue weighted by molar-refractivity contribution is 5.81. The van der Waals surface area contributed by atoms with Gasteiger partial charge in [-0.1, -0.05) is 20.8 Å². The van der Waals surface area contributed by atoms with Crippen LogP contribution in [0.4, 0.5) is 0 Å². The SMILES string of the molecule is CC(C)(C)C(CCNC(=O)[C@@H]1CCCN1)CCC(=O)O. The van der Waals surface area contributed by atoms with Gasteiger partial charge in [0.05, 0.1) is 6.04 Å². The van der Waals surface area contributed by atoms with Crippen LogP contribution in [0.25, 0.3) is 0 Å². The Hall–Kier alpha value is -1.10. The molecular weight excluding hydrogens is 256 g/mol. The van der Waals surface area contributed by atoms with E-state index in [2.05, 4.69) is 31.4 Å². The summed E-state index contributed by atoms with van der Waals surface area (Å²) >= 11 is 0. The maximum atomic E-state index is 11.9. The van der Waals surface area contributed by atoms with Crippen LogP contribution in [0.15, 0.2) is 0 Å². The van der Waals surface area contributed by atoms with Gasteiger partial charge < -0.3 is 15.7 Å². The number of hydrogen-bond acceptors (Lipinski definition) is 3. The fraction of sp³-hybridized carbons (Fsp3) is 0.867. The van der Waals surface area contributed by atoms with Crippen molar-refractivity contribution >= 4 is 11.9 Å². The van der Waals surface area contributed by atoms with Gasteiger partial charge in [0.1, 0.15) is 0 Å². The number of nitrogens with one attached hydrogen (secondary N) is 2. The summed E-state index contributed by atoms with van der Waals surface area (Å²) in [5, 5.41) is 14.9. The molecule has 1 aliphatic rings. The molecule has 0 aromatic rings. The fourth-order valence-electron chi connectivity index (χ4n) is 2.71. The molecular formula is C15H28N2O3. The molecule has 0 aromatic carbocycles. The lowest BCUT2D eigenvalue weighted by Gasteiger charge is -2.30. The number of aliphatic carboxylic acids is 1. The van der Waals surface area contributed by atoms with Crippen LogP contribution in [0.3, 0.4) is 0 Å². The minimum Gasteiger partial charge on any atom is -0.481 e. The minimum atomic E-state index is -0.751. The minimum absolute atomic E-state index is 0.0397. The molecule has 0 radical (unpaired) electrons. The molecule has 1 aliphatic heterocycles. The summed E-state index contributed by atoms with van der Waals surface area (Å²) in [5.74, 6) is -0.373. The maximum absolute atomic E-state index is 11.9. The predicted molar refractivity (Wildman–Crippen MR) is 78.5 cm³/mol. The summed E-state index contributed by atoms with van der Waals surface area (Å²) in [6.45, 7) is 7.92. The van der Waals surface area contributed by atoms with Gasteiger partial charge in [0.25, 0.3) is 0 Å². The van der Waals surface area contributed by atoms with Gasteiger partial charge >= 0.3 is 5.97 Å². The molecule has 5 nitrogen and oxygen atoms in total. The summed E-state index contributed by atoms with van der Waals surface area (Å²) in [6, 6.07) is -0.0397. The van der Waals surface area contributed by atoms with Crippen LogP contribution in [-0.2, 0) is 9.59 Å². The summed E-state index contributed by atoms with van der Waals surface area (Å²) in [5.41, 5.74) is 0.0613. The fourth-order valence-corrected chi connectivity index (χ4v) is 2.71. The zero-order chi connectivity index (χ0) is 15.2. The number of hydrogen-bond donors (Lipinski definition) is 3. The van der Waals surface area contributed by atoms with E-state index in [0.29, 0.717) is 18.9 Å². The highest BCUT2D eigenvalue weighted by atomic mass is 16.4. The lowest BCUT2D eigenvalue weighted by Crippen LogP contribution is -2.41. The first-order valence-corrected chi connectivity index (χ1v) is 7.53. The van der Waals surface area contributed by atoms with E-state index >= 15 is 0 Å². The van der Waals surface area contributed by atoms with Crippen molar-refractivity contribution in [1.82, 2.24) is 10.6 Å². The normalized spacial score (nSPS) is 20.6. The Morgan fingerprint density at radius 2 is 2.05 bits per heavy atom. The molecule has 20 heavy (non-hydrogen) atoms. The van der Waals surface area contributed by atoms with E-state index < -0.39 is 5.97 Å². The van der Waals surface area contributed by atoms with Crippen LogP contribution in [0.5, 0.6) is 0 Å². The Balaban J connectivity index is 2.33. The summed E-state index contributed by atoms with van der Waals surface area (Å²) in [6.07, 6.45) is 3.65. The van der Waals surface area contributed by atoms with E-state index in [0.717, 1.165) is 25.8 Å². The Kier molecular flexibility index (Phi) is 6.46. The van der Waals surface area contributed by atoms with Crippen LogP contribution in [-0.4, -0.2) is 36.1 Å². The summed E-state index contributed by atoms with van der Waals surface area (Å²) in [7, 11) is 0. The molecule has 1 amide bonds. The van der Waals surface area contributed by atoms with Gasteiger partial charge in [0.15, 0.2) is 0 Å². The highest BCUT2D eigenvalue weighted by Gasteiger charge is 2.26. The van der Waals surface area contributed by atoms with Crippen molar-refractivity contribution in [2.45, 2.75) is 58.9 Å². The third-order valence-corrected chi connectivity index (χ3v) is 4.10. The van der Waals surface area contributed by atoms with Crippen molar-refractivity contribution < 1.29 is 14.7 Å². The number of rotatable bonds is 7. The Morgan fingerprint density at radius 1 is 1.35 bits per heavy atom. The molecule has 3 N–H and O–H groups in total. The summed E-state index contributed by atoms with van der Waals surface area (Å²) in [4.78, 5) is 22.6. The molecule has 0 bridgehead atoms. The molecule has 1 fully saturated rings. The number of carboxylic acids is 1. The van der Waals surface area contributed by atoms with Crippen LogP contribution < -0.4 is 10.6 Å². The molecule has 5 heteroatoms. The van der Waals surface area contributed by atoms with Crippen LogP contribution in [0, 0.1) is 11.3 Å². The van der Waals surface area contributed by atoms with E-state index in [9.17, 15) is 9.59 Å². The van der Waals surface area contributed by atoms with Gasteiger partial charge in [-0.2, -0.15) is 0 Å². The summed E-state index contributed by atoms with van der Waals surface area (Å²) < 4.78 is 0. The largest absolute Gasteiger partial charge is 0.481 e. The maximum Gasteiger partial charge on any atom is 0.303 e. The third-order valence-electron chi connectivity index (χ3n) is 4.10. The molecule has 1 saturated heterocycles. The number of carbonyl (C=O) groups is 2. The van der Waals surface area contributed by atoms with Crippen LogP contribution >= 0.6 is 0 Å². The van der Waals surface area contributed by atoms with Gasteiger partial charge in [-0.3, -0.25) is 9.59 Å². The zero-order valence-corrected chi connectivity index (χ0v) is 12.9. The molecule has 0 saturated carbocycles. The van der Waals surface area contributed by atoms with Crippen molar-refractivity contribution in [1.29, 1.82) is 0 Å². The Morgan fingerprint density at radius 3 is 2.55 bits per heavy atom. The van der Waals surface area contributed by atoms with Crippen molar-refractivity contribution in [3.63, 3.8) is 0 Å². The monoisotopic (exact) mass is 284 g/mol. The zero-order valence-electron chi connectivity index (χ0n) is 12.9. The predicted octanol–water partition coefficient (Wildman–Crippen LogP) is 1.77. The molecule has 2 atom stereocenters. The topological polar surface area (TPSA) is 78.4 Å². The average Bonchev–Trinajstić information content (AvgIpc) is 2.84.